The number of hydrogen-bond donors (Lipinski definition) is 5. The van der Waals surface area contributed by atoms with Crippen LogP contribution in [0.5, 0.6) is 0 Å². The van der Waals surface area contributed by atoms with Crippen LogP contribution < -0.4 is 16.0 Å². The Morgan fingerprint density at radius 3 is 0.626 bits per heavy atom. The molecule has 0 saturated carbocycles. The summed E-state index contributed by atoms with van der Waals surface area (Å²) in [5.41, 5.74) is 9.19. The number of aliphatic carboxylic acids is 2. The minimum Gasteiger partial charge on any atom is -0.480 e. The van der Waals surface area contributed by atoms with Crippen LogP contribution in [-0.4, -0.2) is 138 Å². The smallest absolute Gasteiger partial charge is 0.320 e. The summed E-state index contributed by atoms with van der Waals surface area (Å²) >= 11 is 5.46. The zero-order chi connectivity index (χ0) is 110. The number of benzene rings is 8. The zero-order valence-corrected chi connectivity index (χ0v) is 95.8. The summed E-state index contributed by atoms with van der Waals surface area (Å²) in [5, 5.41) is 26.7. The lowest BCUT2D eigenvalue weighted by Gasteiger charge is -2.24. The van der Waals surface area contributed by atoms with Gasteiger partial charge in [0.05, 0.1) is 18.1 Å². The number of carboxylic acids is 2. The summed E-state index contributed by atoms with van der Waals surface area (Å²) in [7, 11) is 1.77. The predicted molar refractivity (Wildman–Crippen MR) is 636 cm³/mol. The lowest BCUT2D eigenvalue weighted by atomic mass is 10.1. The van der Waals surface area contributed by atoms with Crippen LogP contribution >= 0.6 is 11.6 Å². The van der Waals surface area contributed by atoms with E-state index in [1.54, 1.807) is 41.7 Å². The van der Waals surface area contributed by atoms with Crippen molar-refractivity contribution < 1.29 is 39.0 Å². The van der Waals surface area contributed by atoms with Crippen LogP contribution in [0, 0.1) is 0 Å². The minimum atomic E-state index is -0.830. The van der Waals surface area contributed by atoms with Gasteiger partial charge < -0.3 is 31.0 Å². The highest BCUT2D eigenvalue weighted by Gasteiger charge is 2.19. The Morgan fingerprint density at radius 1 is 0.273 bits per heavy atom. The number of likely N-dealkylation sites (N-methyl/N-ethyl adjacent to an activating group) is 1. The lowest BCUT2D eigenvalue weighted by molar-refractivity contribution is -0.142. The SMILES string of the molecule is C.CC.CC.CC.CC.CC.CC.CC.CC.CC.CC.CC.CC.CC.CC.CC.CC.CC(=O)C(C)N(C/C=C/c1ccccc1)C/C=C/c1ccccc1.CC(=O)C(C)NC/C=C/c1ccccc1.CC(C(=O)O)N(C/C=C/c1ccccc1)C/C=C/c1ccccc1.CC(NC/C=C/c1ccccc1)C(=O)O.CNC(C)C(C)=O.ClC/C=C/c1ccccc1.O=CC/C=C/c1ccccc1. The van der Waals surface area contributed by atoms with Gasteiger partial charge in [-0.2, -0.15) is 0 Å². The van der Waals surface area contributed by atoms with Gasteiger partial charge in [-0.25, -0.2) is 0 Å². The standard InChI is InChI=1S/C22H25NO.C21H23NO2.C13H17NO.C12H15NO2.C10H10O.C9H9Cl.C5H11NO.16C2H6.CH4/c1-19(20(2)24)23(17-9-15-21-11-5-3-6-12-21)18-10-16-22-13-7-4-8-14-22;1-18(21(23)24)22(16-8-14-19-10-4-2-5-11-19)17-9-15-20-12-6-3-7-13-20;1-11(12(2)15)14-10-6-9-13-7-4-3-5-8-13;1-10(12(14)15)13-9-5-8-11-6-3-2-4-7-11;11-9-5-4-8-10-6-2-1-3-7-10;10-8-4-7-9-5-2-1-3-6-9;1-4(6-3)5(2)7;16*1-2;/h3-16,19H,17-18H2,1-2H3;2-15,18H,16-17H2,1H3,(H,23,24);3-9,11,14H,10H2,1-2H3;2-8,10,13H,9H2,1H3,(H,14,15);1-4,6-9H,5H2;1-7H,8H2;4,6H,1-3H3;16*1-2H3;1H4/b15-9+,16-10+;14-8+,15-9+;9-6+;8-5+;8-4+;7-4+;;;;;;;;;;;;;;;;;;. The maximum atomic E-state index is 11.8. The summed E-state index contributed by atoms with van der Waals surface area (Å²) < 4.78 is 0. The van der Waals surface area contributed by atoms with Crippen molar-refractivity contribution in [2.75, 3.05) is 52.2 Å². The summed E-state index contributed by atoms with van der Waals surface area (Å²) in [5.74, 6) is -0.518. The number of nitrogens with one attached hydrogen (secondary N) is 3. The van der Waals surface area contributed by atoms with E-state index in [0.717, 1.165) is 48.2 Å². The number of carbonyl (C=O) groups is 6. The van der Waals surface area contributed by atoms with E-state index in [1.165, 1.54) is 22.3 Å². The van der Waals surface area contributed by atoms with E-state index in [0.29, 0.717) is 31.9 Å². The highest BCUT2D eigenvalue weighted by atomic mass is 35.5. The minimum absolute atomic E-state index is 0. The fraction of sp³-hybridized carbons (Fsp3) is 0.440. The van der Waals surface area contributed by atoms with Crippen molar-refractivity contribution >= 4 is 95.8 Å². The Hall–Kier alpha value is -10.6. The molecule has 790 valence electrons. The molecule has 0 saturated heterocycles. The Labute approximate surface area is 864 Å². The highest BCUT2D eigenvalue weighted by molar-refractivity contribution is 6.19. The molecule has 8 rings (SSSR count). The van der Waals surface area contributed by atoms with Gasteiger partial charge in [-0.3, -0.25) is 33.8 Å². The third kappa shape index (κ3) is 118. The number of carbonyl (C=O) groups excluding carboxylic acids is 4. The number of allylic oxidation sites excluding steroid dienone is 2. The molecule has 139 heavy (non-hydrogen) atoms. The monoisotopic (exact) mass is 1940 g/mol. The maximum absolute atomic E-state index is 11.8. The van der Waals surface area contributed by atoms with E-state index in [2.05, 4.69) is 69.4 Å². The summed E-state index contributed by atoms with van der Waals surface area (Å²) in [6.07, 6.45) is 33.5. The van der Waals surface area contributed by atoms with E-state index < -0.39 is 24.0 Å². The molecule has 0 aliphatic heterocycles. The number of Topliss-reactive ketones (excluding diaryl/α,β-unsaturated/α-hetero) is 3. The van der Waals surface area contributed by atoms with Gasteiger partial charge >= 0.3 is 11.9 Å². The molecule has 0 radical (unpaired) electrons. The van der Waals surface area contributed by atoms with Crippen LogP contribution in [0.25, 0.3) is 48.6 Å². The van der Waals surface area contributed by atoms with Crippen LogP contribution in [0.15, 0.2) is 291 Å². The molecule has 0 spiro atoms. The number of rotatable bonds is 33. The fourth-order valence-electron chi connectivity index (χ4n) is 8.76. The number of hydrogen-bond acceptors (Lipinski definition) is 11. The third-order valence-corrected chi connectivity index (χ3v) is 15.9. The van der Waals surface area contributed by atoms with Gasteiger partial charge in [0.25, 0.3) is 0 Å². The topological polar surface area (TPSA) is 185 Å². The number of halogens is 1. The number of aldehydes is 1. The van der Waals surface area contributed by atoms with Gasteiger partial charge in [0.15, 0.2) is 0 Å². The Balaban J connectivity index is -0.0000000881. The van der Waals surface area contributed by atoms with E-state index in [1.807, 2.05) is 539 Å². The Bertz CT molecular complexity index is 3580. The second kappa shape index (κ2) is 148. The van der Waals surface area contributed by atoms with Crippen LogP contribution in [-0.2, 0) is 28.8 Å². The van der Waals surface area contributed by atoms with E-state index >= 15 is 0 Å². The number of carboxylic acid groups (broad SMARTS) is 2. The molecule has 0 aromatic heterocycles. The average molecular weight is 1950 g/mol. The van der Waals surface area contributed by atoms with Crippen molar-refractivity contribution in [2.24, 2.45) is 0 Å². The summed E-state index contributed by atoms with van der Waals surface area (Å²) in [4.78, 5) is 68.8. The molecule has 5 unspecified atom stereocenters. The molecule has 0 heterocycles. The van der Waals surface area contributed by atoms with Gasteiger partial charge in [-0.1, -0.05) is 569 Å². The van der Waals surface area contributed by atoms with Gasteiger partial charge in [-0.05, 0) is 107 Å². The lowest BCUT2D eigenvalue weighted by Crippen LogP contribution is -2.39. The first-order valence-corrected chi connectivity index (χ1v) is 52.1. The molecule has 0 amide bonds. The van der Waals surface area contributed by atoms with Crippen LogP contribution in [0.3, 0.4) is 0 Å². The molecule has 14 heteroatoms. The normalized spacial score (nSPS) is 10.2. The van der Waals surface area contributed by atoms with Gasteiger partial charge in [0.1, 0.15) is 35.7 Å². The van der Waals surface area contributed by atoms with Gasteiger partial charge in [-0.15, -0.1) is 11.6 Å². The first kappa shape index (κ1) is 165. The fourth-order valence-corrected chi connectivity index (χ4v) is 8.85. The van der Waals surface area contributed by atoms with Crippen molar-refractivity contribution in [3.63, 3.8) is 0 Å². The second-order valence-corrected chi connectivity index (χ2v) is 24.4. The number of nitrogens with zero attached hydrogens (tertiary/aromatic N) is 2. The van der Waals surface area contributed by atoms with Crippen LogP contribution in [0.2, 0.25) is 0 Å². The number of alkyl halides is 1. The average Bonchev–Trinajstić information content (AvgIpc) is 0.907. The van der Waals surface area contributed by atoms with E-state index in [9.17, 15) is 33.9 Å². The van der Waals surface area contributed by atoms with Gasteiger partial charge in [0, 0.05) is 51.6 Å². The quantitative estimate of drug-likeness (QED) is 0.0193. The molecule has 5 N–H and O–H groups in total. The summed E-state index contributed by atoms with van der Waals surface area (Å²) in [6, 6.07) is 79.2. The zero-order valence-electron chi connectivity index (χ0n) is 95.1. The molecule has 8 aromatic carbocycles. The predicted octanol–water partition coefficient (Wildman–Crippen LogP) is 35.4. The largest absolute Gasteiger partial charge is 0.480 e. The highest BCUT2D eigenvalue weighted by Crippen LogP contribution is 2.11. The number of ketones is 3. The molecule has 8 aromatic rings. The molecule has 0 fully saturated rings. The van der Waals surface area contributed by atoms with Crippen molar-refractivity contribution in [1.29, 1.82) is 0 Å². The van der Waals surface area contributed by atoms with Crippen molar-refractivity contribution in [3.8, 4) is 0 Å². The molecular formula is C125H210ClN5O8. The molecule has 5 atom stereocenters. The van der Waals surface area contributed by atoms with Gasteiger partial charge in [0.2, 0.25) is 0 Å². The molecule has 0 aliphatic carbocycles. The van der Waals surface area contributed by atoms with E-state index in [-0.39, 0.29) is 42.9 Å². The second-order valence-electron chi connectivity index (χ2n) is 24.1. The Kier molecular flexibility index (Phi) is 175. The van der Waals surface area contributed by atoms with Crippen molar-refractivity contribution in [2.45, 2.75) is 321 Å². The Morgan fingerprint density at radius 2 is 0.460 bits per heavy atom. The molecule has 0 bridgehead atoms. The molecule has 0 aliphatic rings. The maximum Gasteiger partial charge on any atom is 0.320 e. The summed E-state index contributed by atoms with van der Waals surface area (Å²) in [6.45, 7) is 81.8. The van der Waals surface area contributed by atoms with E-state index in [4.69, 9.17) is 16.7 Å². The first-order valence-electron chi connectivity index (χ1n) is 51.6. The van der Waals surface area contributed by atoms with Crippen molar-refractivity contribution in [1.82, 2.24) is 25.8 Å². The third-order valence-electron chi connectivity index (χ3n) is 15.7. The van der Waals surface area contributed by atoms with Crippen LogP contribution in [0.4, 0.5) is 0 Å². The molecule has 13 nitrogen and oxygen atoms in total. The van der Waals surface area contributed by atoms with Crippen molar-refractivity contribution in [3.05, 3.63) is 336 Å². The molecular weight excluding hydrogens is 1730 g/mol. The van der Waals surface area contributed by atoms with Crippen LogP contribution in [0.1, 0.15) is 335 Å². The first-order chi connectivity index (χ1) is 67.3.